The van der Waals surface area contributed by atoms with Crippen molar-refractivity contribution in [3.8, 4) is 0 Å². The maximum Gasteiger partial charge on any atom is 0.0241 e. The van der Waals surface area contributed by atoms with Crippen LogP contribution in [0.2, 0.25) is 0 Å². The van der Waals surface area contributed by atoms with Gasteiger partial charge in [0.1, 0.15) is 0 Å². The van der Waals surface area contributed by atoms with E-state index in [1.54, 1.807) is 0 Å². The van der Waals surface area contributed by atoms with Crippen LogP contribution in [-0.4, -0.2) is 6.04 Å². The van der Waals surface area contributed by atoms with Crippen molar-refractivity contribution in [3.05, 3.63) is 0 Å². The Hall–Kier alpha value is -0.0800. The Morgan fingerprint density at radius 2 is 1.84 bits per heavy atom. The fourth-order valence-electron chi connectivity index (χ4n) is 3.56. The molecule has 2 nitrogen and oxygen atoms in total. The maximum atomic E-state index is 5.85. The van der Waals surface area contributed by atoms with Crippen LogP contribution in [0.4, 0.5) is 0 Å². The molecule has 0 aromatic heterocycles. The van der Waals surface area contributed by atoms with Gasteiger partial charge in [0.15, 0.2) is 0 Å². The lowest BCUT2D eigenvalue weighted by atomic mass is 9.70. The third kappa shape index (κ3) is 5.83. The molecule has 0 bridgehead atoms. The van der Waals surface area contributed by atoms with Crippen molar-refractivity contribution < 1.29 is 0 Å². The van der Waals surface area contributed by atoms with Gasteiger partial charge in [-0.15, -0.1) is 0 Å². The van der Waals surface area contributed by atoms with Crippen LogP contribution in [0.25, 0.3) is 0 Å². The molecule has 2 unspecified atom stereocenters. The topological polar surface area (TPSA) is 38.0 Å². The van der Waals surface area contributed by atoms with Crippen molar-refractivity contribution >= 4 is 0 Å². The van der Waals surface area contributed by atoms with E-state index in [-0.39, 0.29) is 0 Å². The summed E-state index contributed by atoms with van der Waals surface area (Å²) in [4.78, 5) is 0. The smallest absolute Gasteiger partial charge is 0.0241 e. The van der Waals surface area contributed by atoms with E-state index >= 15 is 0 Å². The Balaban J connectivity index is 2.44. The van der Waals surface area contributed by atoms with Crippen LogP contribution in [0.1, 0.15) is 85.5 Å². The van der Waals surface area contributed by atoms with Gasteiger partial charge < -0.3 is 0 Å². The Morgan fingerprint density at radius 1 is 1.21 bits per heavy atom. The van der Waals surface area contributed by atoms with Gasteiger partial charge in [0.05, 0.1) is 0 Å². The van der Waals surface area contributed by atoms with Gasteiger partial charge in [-0.05, 0) is 49.4 Å². The summed E-state index contributed by atoms with van der Waals surface area (Å²) in [6, 6.07) is 0.540. The standard InChI is InChI=1S/C17H36N2/c1-5-7-8-14(6-2)13-16(19-18)15-9-11-17(3,4)12-10-15/h14-16,19H,5-13,18H2,1-4H3. The quantitative estimate of drug-likeness (QED) is 0.497. The average molecular weight is 268 g/mol. The van der Waals surface area contributed by atoms with E-state index in [9.17, 15) is 0 Å². The zero-order chi connectivity index (χ0) is 14.3. The number of nitrogens with two attached hydrogens (primary N) is 1. The summed E-state index contributed by atoms with van der Waals surface area (Å²) in [5.74, 6) is 7.51. The molecule has 1 rings (SSSR count). The van der Waals surface area contributed by atoms with E-state index in [1.165, 1.54) is 57.8 Å². The van der Waals surface area contributed by atoms with E-state index in [2.05, 4.69) is 33.1 Å². The van der Waals surface area contributed by atoms with E-state index in [1.807, 2.05) is 0 Å². The highest BCUT2D eigenvalue weighted by Crippen LogP contribution is 2.40. The average Bonchev–Trinajstić information content (AvgIpc) is 2.40. The number of unbranched alkanes of at least 4 members (excludes halogenated alkanes) is 1. The first kappa shape index (κ1) is 17.0. The predicted octanol–water partition coefficient (Wildman–Crippen LogP) is 4.64. The number of nitrogens with one attached hydrogen (secondary N) is 1. The zero-order valence-electron chi connectivity index (χ0n) is 13.7. The Morgan fingerprint density at radius 3 is 2.32 bits per heavy atom. The lowest BCUT2D eigenvalue weighted by molar-refractivity contribution is 0.147. The first-order valence-electron chi connectivity index (χ1n) is 8.48. The number of rotatable bonds is 8. The van der Waals surface area contributed by atoms with E-state index in [4.69, 9.17) is 5.84 Å². The fourth-order valence-corrected chi connectivity index (χ4v) is 3.56. The summed E-state index contributed by atoms with van der Waals surface area (Å²) < 4.78 is 0. The Labute approximate surface area is 120 Å². The second kappa shape index (κ2) is 8.26. The Bertz CT molecular complexity index is 227. The Kier molecular flexibility index (Phi) is 7.38. The molecular weight excluding hydrogens is 232 g/mol. The van der Waals surface area contributed by atoms with Gasteiger partial charge in [-0.25, -0.2) is 0 Å². The van der Waals surface area contributed by atoms with Crippen LogP contribution < -0.4 is 11.3 Å². The summed E-state index contributed by atoms with van der Waals surface area (Å²) in [6.45, 7) is 9.43. The number of hydrogen-bond donors (Lipinski definition) is 2. The van der Waals surface area contributed by atoms with Gasteiger partial charge in [-0.3, -0.25) is 11.3 Å². The van der Waals surface area contributed by atoms with Crippen molar-refractivity contribution in [2.24, 2.45) is 23.1 Å². The summed E-state index contributed by atoms with van der Waals surface area (Å²) in [6.07, 6.45) is 12.1. The molecule has 1 saturated carbocycles. The number of hydrazine groups is 1. The first-order valence-corrected chi connectivity index (χ1v) is 8.48. The normalized spacial score (nSPS) is 23.2. The molecule has 114 valence electrons. The minimum absolute atomic E-state index is 0.540. The summed E-state index contributed by atoms with van der Waals surface area (Å²) in [7, 11) is 0. The molecule has 3 N–H and O–H groups in total. The molecule has 2 heteroatoms. The van der Waals surface area contributed by atoms with E-state index < -0.39 is 0 Å². The predicted molar refractivity (Wildman–Crippen MR) is 84.8 cm³/mol. The molecule has 1 aliphatic rings. The van der Waals surface area contributed by atoms with Gasteiger partial charge in [0.25, 0.3) is 0 Å². The summed E-state index contributed by atoms with van der Waals surface area (Å²) in [5, 5.41) is 0. The lowest BCUT2D eigenvalue weighted by Crippen LogP contribution is -2.44. The van der Waals surface area contributed by atoms with Crippen molar-refractivity contribution in [3.63, 3.8) is 0 Å². The van der Waals surface area contributed by atoms with Crippen LogP contribution in [0.15, 0.2) is 0 Å². The number of hydrogen-bond acceptors (Lipinski definition) is 2. The maximum absolute atomic E-state index is 5.85. The molecule has 0 amide bonds. The molecule has 0 saturated heterocycles. The largest absolute Gasteiger partial charge is 0.271 e. The highest BCUT2D eigenvalue weighted by atomic mass is 15.2. The monoisotopic (exact) mass is 268 g/mol. The molecular formula is C17H36N2. The summed E-state index contributed by atoms with van der Waals surface area (Å²) in [5.41, 5.74) is 3.70. The molecule has 0 spiro atoms. The van der Waals surface area contributed by atoms with Crippen molar-refractivity contribution in [2.45, 2.75) is 91.5 Å². The fraction of sp³-hybridized carbons (Fsp3) is 1.00. The van der Waals surface area contributed by atoms with Gasteiger partial charge in [0.2, 0.25) is 0 Å². The van der Waals surface area contributed by atoms with E-state index in [0.29, 0.717) is 11.5 Å². The van der Waals surface area contributed by atoms with Crippen molar-refractivity contribution in [2.75, 3.05) is 0 Å². The second-order valence-corrected chi connectivity index (χ2v) is 7.43. The van der Waals surface area contributed by atoms with Gasteiger partial charge in [-0.2, -0.15) is 0 Å². The van der Waals surface area contributed by atoms with Crippen LogP contribution >= 0.6 is 0 Å². The molecule has 1 aliphatic carbocycles. The van der Waals surface area contributed by atoms with Crippen LogP contribution in [0, 0.1) is 17.3 Å². The minimum atomic E-state index is 0.540. The first-order chi connectivity index (χ1) is 9.02. The van der Waals surface area contributed by atoms with Gasteiger partial charge in [0, 0.05) is 6.04 Å². The third-order valence-electron chi connectivity index (χ3n) is 5.30. The van der Waals surface area contributed by atoms with E-state index in [0.717, 1.165) is 11.8 Å². The SMILES string of the molecule is CCCCC(CC)CC(NN)C1CCC(C)(C)CC1. The van der Waals surface area contributed by atoms with Gasteiger partial charge in [-0.1, -0.05) is 53.4 Å². The molecule has 19 heavy (non-hydrogen) atoms. The second-order valence-electron chi connectivity index (χ2n) is 7.43. The molecule has 0 heterocycles. The molecule has 2 atom stereocenters. The third-order valence-corrected chi connectivity index (χ3v) is 5.30. The molecule has 1 fully saturated rings. The molecule has 0 radical (unpaired) electrons. The lowest BCUT2D eigenvalue weighted by Gasteiger charge is -2.38. The van der Waals surface area contributed by atoms with Crippen LogP contribution in [0.3, 0.4) is 0 Å². The molecule has 0 aromatic carbocycles. The van der Waals surface area contributed by atoms with Crippen molar-refractivity contribution in [1.29, 1.82) is 0 Å². The highest BCUT2D eigenvalue weighted by molar-refractivity contribution is 4.85. The van der Waals surface area contributed by atoms with Crippen LogP contribution in [-0.2, 0) is 0 Å². The summed E-state index contributed by atoms with van der Waals surface area (Å²) >= 11 is 0. The molecule has 0 aromatic rings. The van der Waals surface area contributed by atoms with Crippen LogP contribution in [0.5, 0.6) is 0 Å². The minimum Gasteiger partial charge on any atom is -0.271 e. The zero-order valence-corrected chi connectivity index (χ0v) is 13.7. The molecule has 0 aliphatic heterocycles. The van der Waals surface area contributed by atoms with Crippen molar-refractivity contribution in [1.82, 2.24) is 5.43 Å². The van der Waals surface area contributed by atoms with Gasteiger partial charge >= 0.3 is 0 Å². The highest BCUT2D eigenvalue weighted by Gasteiger charge is 2.31.